The summed E-state index contributed by atoms with van der Waals surface area (Å²) in [6, 6.07) is 5.92. The lowest BCUT2D eigenvalue weighted by Gasteiger charge is -2.09. The van der Waals surface area contributed by atoms with E-state index in [9.17, 15) is 13.2 Å². The highest BCUT2D eigenvalue weighted by molar-refractivity contribution is 7.80. The summed E-state index contributed by atoms with van der Waals surface area (Å²) in [7, 11) is 0. The van der Waals surface area contributed by atoms with Gasteiger partial charge in [0.05, 0.1) is 5.69 Å². The Morgan fingerprint density at radius 3 is 2.50 bits per heavy atom. The van der Waals surface area contributed by atoms with Crippen molar-refractivity contribution >= 4 is 18.4 Å². The van der Waals surface area contributed by atoms with Crippen LogP contribution in [0.2, 0.25) is 0 Å². The Kier molecular flexibility index (Phi) is 4.17. The maximum Gasteiger partial charge on any atom is 0.433 e. The number of alkyl halides is 3. The van der Waals surface area contributed by atoms with Gasteiger partial charge in [-0.3, -0.25) is 4.98 Å². The number of anilines is 1. The number of pyridine rings is 2. The van der Waals surface area contributed by atoms with Crippen molar-refractivity contribution in [2.24, 2.45) is 0 Å². The Bertz CT molecular complexity index is 597. The summed E-state index contributed by atoms with van der Waals surface area (Å²) >= 11 is 4.21. The number of thiol groups is 1. The lowest BCUT2D eigenvalue weighted by atomic mass is 10.2. The van der Waals surface area contributed by atoms with Crippen LogP contribution in [0.1, 0.15) is 17.0 Å². The fourth-order valence-electron chi connectivity index (χ4n) is 1.54. The lowest BCUT2D eigenvalue weighted by Crippen LogP contribution is -2.09. The van der Waals surface area contributed by atoms with Crippen LogP contribution in [0.25, 0.3) is 0 Å². The van der Waals surface area contributed by atoms with E-state index < -0.39 is 11.9 Å². The molecule has 0 unspecified atom stereocenters. The average Bonchev–Trinajstić information content (AvgIpc) is 2.40. The normalized spacial score (nSPS) is 11.4. The third-order valence-electron chi connectivity index (χ3n) is 2.65. The monoisotopic (exact) mass is 299 g/mol. The van der Waals surface area contributed by atoms with Crippen LogP contribution in [0.4, 0.5) is 19.0 Å². The molecule has 0 aliphatic heterocycles. The summed E-state index contributed by atoms with van der Waals surface area (Å²) in [4.78, 5) is 8.44. The fourth-order valence-corrected chi connectivity index (χ4v) is 1.67. The molecule has 7 heteroatoms. The molecule has 1 N–H and O–H groups in total. The number of nitrogens with one attached hydrogen (secondary N) is 1. The van der Waals surface area contributed by atoms with Crippen LogP contribution < -0.4 is 5.32 Å². The van der Waals surface area contributed by atoms with Gasteiger partial charge in [0.15, 0.2) is 0 Å². The van der Waals surface area contributed by atoms with Crippen molar-refractivity contribution in [3.8, 4) is 0 Å². The molecule has 2 aromatic rings. The van der Waals surface area contributed by atoms with Gasteiger partial charge in [0.2, 0.25) is 0 Å². The third kappa shape index (κ3) is 3.63. The maximum atomic E-state index is 12.4. The molecule has 0 bridgehead atoms. The van der Waals surface area contributed by atoms with Gasteiger partial charge in [-0.25, -0.2) is 4.98 Å². The zero-order chi connectivity index (χ0) is 14.8. The molecule has 0 aliphatic carbocycles. The predicted octanol–water partition coefficient (Wildman–Crippen LogP) is 3.70. The highest BCUT2D eigenvalue weighted by Gasteiger charge is 2.31. The largest absolute Gasteiger partial charge is 0.433 e. The SMILES string of the molecule is Cc1nc(NCc2ccc(C(F)(F)F)nc2)ccc1S. The molecule has 0 aliphatic rings. The minimum atomic E-state index is -4.41. The molecule has 0 atom stereocenters. The van der Waals surface area contributed by atoms with E-state index in [0.717, 1.165) is 16.7 Å². The first-order valence-electron chi connectivity index (χ1n) is 5.79. The number of hydrogen-bond acceptors (Lipinski definition) is 4. The number of aryl methyl sites for hydroxylation is 1. The molecule has 106 valence electrons. The van der Waals surface area contributed by atoms with Crippen LogP contribution in [0, 0.1) is 6.92 Å². The van der Waals surface area contributed by atoms with Crippen molar-refractivity contribution in [3.63, 3.8) is 0 Å². The van der Waals surface area contributed by atoms with Crippen molar-refractivity contribution in [1.29, 1.82) is 0 Å². The van der Waals surface area contributed by atoms with E-state index in [1.807, 2.05) is 6.92 Å². The Hall–Kier alpha value is -1.76. The smallest absolute Gasteiger partial charge is 0.366 e. The molecule has 2 rings (SSSR count). The fraction of sp³-hybridized carbons (Fsp3) is 0.231. The Morgan fingerprint density at radius 1 is 1.20 bits per heavy atom. The Balaban J connectivity index is 2.02. The van der Waals surface area contributed by atoms with Crippen molar-refractivity contribution in [2.75, 3.05) is 5.32 Å². The van der Waals surface area contributed by atoms with Gasteiger partial charge in [-0.05, 0) is 30.7 Å². The van der Waals surface area contributed by atoms with E-state index in [0.29, 0.717) is 17.9 Å². The van der Waals surface area contributed by atoms with Gasteiger partial charge in [-0.1, -0.05) is 6.07 Å². The Morgan fingerprint density at radius 2 is 1.95 bits per heavy atom. The van der Waals surface area contributed by atoms with Crippen molar-refractivity contribution in [2.45, 2.75) is 24.5 Å². The van der Waals surface area contributed by atoms with Crippen LogP contribution in [0.3, 0.4) is 0 Å². The quantitative estimate of drug-likeness (QED) is 0.849. The first-order valence-corrected chi connectivity index (χ1v) is 6.23. The molecule has 0 saturated heterocycles. The molecule has 0 spiro atoms. The summed E-state index contributed by atoms with van der Waals surface area (Å²) in [5.74, 6) is 0.639. The topological polar surface area (TPSA) is 37.8 Å². The zero-order valence-corrected chi connectivity index (χ0v) is 11.5. The molecular weight excluding hydrogens is 287 g/mol. The van der Waals surface area contributed by atoms with E-state index in [4.69, 9.17) is 0 Å². The highest BCUT2D eigenvalue weighted by atomic mass is 32.1. The van der Waals surface area contributed by atoms with E-state index in [2.05, 4.69) is 27.9 Å². The summed E-state index contributed by atoms with van der Waals surface area (Å²) < 4.78 is 37.1. The standard InChI is InChI=1S/C13H12F3N3S/c1-8-10(20)3-5-12(19-8)18-7-9-2-4-11(17-6-9)13(14,15)16/h2-6,20H,7H2,1H3,(H,18,19). The van der Waals surface area contributed by atoms with Crippen LogP contribution in [0.15, 0.2) is 35.4 Å². The molecule has 20 heavy (non-hydrogen) atoms. The van der Waals surface area contributed by atoms with E-state index >= 15 is 0 Å². The number of hydrogen-bond donors (Lipinski definition) is 2. The number of aromatic nitrogens is 2. The molecule has 0 saturated carbocycles. The second-order valence-electron chi connectivity index (χ2n) is 4.20. The van der Waals surface area contributed by atoms with E-state index in [1.54, 1.807) is 12.1 Å². The minimum absolute atomic E-state index is 0.351. The molecule has 0 amide bonds. The lowest BCUT2D eigenvalue weighted by molar-refractivity contribution is -0.141. The number of rotatable bonds is 3. The van der Waals surface area contributed by atoms with E-state index in [1.165, 1.54) is 12.3 Å². The molecule has 3 nitrogen and oxygen atoms in total. The van der Waals surface area contributed by atoms with Crippen LogP contribution in [-0.4, -0.2) is 9.97 Å². The minimum Gasteiger partial charge on any atom is -0.366 e. The summed E-state index contributed by atoms with van der Waals surface area (Å²) in [5.41, 5.74) is 0.533. The second kappa shape index (κ2) is 5.70. The van der Waals surface area contributed by atoms with Gasteiger partial charge in [0, 0.05) is 17.6 Å². The number of halogens is 3. The second-order valence-corrected chi connectivity index (χ2v) is 4.69. The van der Waals surface area contributed by atoms with Crippen molar-refractivity contribution in [3.05, 3.63) is 47.4 Å². The first-order chi connectivity index (χ1) is 9.36. The van der Waals surface area contributed by atoms with Gasteiger partial charge >= 0.3 is 6.18 Å². The molecule has 0 radical (unpaired) electrons. The van der Waals surface area contributed by atoms with Gasteiger partial charge in [0.1, 0.15) is 11.5 Å². The average molecular weight is 299 g/mol. The maximum absolute atomic E-state index is 12.4. The van der Waals surface area contributed by atoms with Crippen molar-refractivity contribution < 1.29 is 13.2 Å². The molecule has 2 heterocycles. The van der Waals surface area contributed by atoms with Gasteiger partial charge in [-0.15, -0.1) is 12.6 Å². The van der Waals surface area contributed by atoms with Crippen molar-refractivity contribution in [1.82, 2.24) is 9.97 Å². The summed E-state index contributed by atoms with van der Waals surface area (Å²) in [6.07, 6.45) is -3.21. The molecule has 2 aromatic heterocycles. The number of nitrogens with zero attached hydrogens (tertiary/aromatic N) is 2. The van der Waals surface area contributed by atoms with Gasteiger partial charge in [-0.2, -0.15) is 13.2 Å². The van der Waals surface area contributed by atoms with Crippen LogP contribution in [0.5, 0.6) is 0 Å². The molecular formula is C13H12F3N3S. The molecule has 0 aromatic carbocycles. The van der Waals surface area contributed by atoms with Crippen LogP contribution in [-0.2, 0) is 12.7 Å². The Labute approximate surface area is 119 Å². The van der Waals surface area contributed by atoms with E-state index in [-0.39, 0.29) is 0 Å². The first kappa shape index (κ1) is 14.6. The molecule has 0 fully saturated rings. The predicted molar refractivity (Wildman–Crippen MR) is 72.8 cm³/mol. The van der Waals surface area contributed by atoms with Gasteiger partial charge in [0.25, 0.3) is 0 Å². The third-order valence-corrected chi connectivity index (χ3v) is 3.12. The zero-order valence-electron chi connectivity index (χ0n) is 10.6. The van der Waals surface area contributed by atoms with Gasteiger partial charge < -0.3 is 5.32 Å². The van der Waals surface area contributed by atoms with Crippen LogP contribution >= 0.6 is 12.6 Å². The summed E-state index contributed by atoms with van der Waals surface area (Å²) in [6.45, 7) is 2.18. The summed E-state index contributed by atoms with van der Waals surface area (Å²) in [5, 5.41) is 3.02. The highest BCUT2D eigenvalue weighted by Crippen LogP contribution is 2.27.